The molecule has 0 saturated carbocycles. The maximum absolute atomic E-state index is 12.6. The predicted octanol–water partition coefficient (Wildman–Crippen LogP) is -0.471. The lowest BCUT2D eigenvalue weighted by atomic mass is 9.90. The third kappa shape index (κ3) is 2.61. The Balaban J connectivity index is 2.01. The molecule has 0 unspecified atom stereocenters. The average Bonchev–Trinajstić information content (AvgIpc) is 2.39. The van der Waals surface area contributed by atoms with Crippen LogP contribution in [0.4, 0.5) is 0 Å². The molecule has 0 aromatic rings. The highest BCUT2D eigenvalue weighted by Gasteiger charge is 2.42. The molecule has 1 amide bonds. The molecule has 2 aliphatic rings. The number of ether oxygens (including phenoxy) is 1. The molecule has 2 rings (SSSR count). The summed E-state index contributed by atoms with van der Waals surface area (Å²) >= 11 is 0. The van der Waals surface area contributed by atoms with Crippen molar-refractivity contribution in [1.82, 2.24) is 15.1 Å². The Kier molecular flexibility index (Phi) is 4.01. The molecule has 1 N–H and O–H groups in total. The topological polar surface area (TPSA) is 44.8 Å². The first-order chi connectivity index (χ1) is 8.18. The molecule has 17 heavy (non-hydrogen) atoms. The van der Waals surface area contributed by atoms with E-state index in [4.69, 9.17) is 4.74 Å². The Morgan fingerprint density at radius 3 is 2.29 bits per heavy atom. The minimum absolute atomic E-state index is 0.189. The van der Waals surface area contributed by atoms with Crippen LogP contribution in [-0.4, -0.2) is 74.7 Å². The van der Waals surface area contributed by atoms with Gasteiger partial charge in [-0.3, -0.25) is 4.79 Å². The SMILES string of the molecule is COC1(C(=O)N2CCN(C)CC2)CCNCC1. The van der Waals surface area contributed by atoms with E-state index >= 15 is 0 Å². The van der Waals surface area contributed by atoms with Gasteiger partial charge in [0.05, 0.1) is 0 Å². The molecule has 0 spiro atoms. The van der Waals surface area contributed by atoms with Gasteiger partial charge in [-0.15, -0.1) is 0 Å². The first-order valence-corrected chi connectivity index (χ1v) is 6.42. The summed E-state index contributed by atoms with van der Waals surface area (Å²) in [4.78, 5) is 16.8. The van der Waals surface area contributed by atoms with Crippen molar-refractivity contribution in [2.45, 2.75) is 18.4 Å². The second kappa shape index (κ2) is 5.33. The molecular weight excluding hydrogens is 218 g/mol. The fourth-order valence-electron chi connectivity index (χ4n) is 2.63. The number of nitrogens with one attached hydrogen (secondary N) is 1. The van der Waals surface area contributed by atoms with Crippen molar-refractivity contribution < 1.29 is 9.53 Å². The Hall–Kier alpha value is -0.650. The van der Waals surface area contributed by atoms with Crippen LogP contribution in [0.1, 0.15) is 12.8 Å². The van der Waals surface area contributed by atoms with E-state index in [0.29, 0.717) is 0 Å². The number of hydrogen-bond acceptors (Lipinski definition) is 4. The van der Waals surface area contributed by atoms with Gasteiger partial charge in [-0.25, -0.2) is 0 Å². The highest BCUT2D eigenvalue weighted by molar-refractivity contribution is 5.85. The van der Waals surface area contributed by atoms with E-state index in [0.717, 1.165) is 52.1 Å². The molecule has 0 bridgehead atoms. The largest absolute Gasteiger partial charge is 0.368 e. The van der Waals surface area contributed by atoms with Crippen LogP contribution in [0.5, 0.6) is 0 Å². The number of rotatable bonds is 2. The third-order valence-electron chi connectivity index (χ3n) is 3.98. The van der Waals surface area contributed by atoms with Gasteiger partial charge in [-0.05, 0) is 33.0 Å². The lowest BCUT2D eigenvalue weighted by Gasteiger charge is -2.41. The first-order valence-electron chi connectivity index (χ1n) is 6.42. The van der Waals surface area contributed by atoms with Crippen LogP contribution in [0, 0.1) is 0 Å². The molecule has 0 aromatic heterocycles. The minimum Gasteiger partial charge on any atom is -0.368 e. The third-order valence-corrected chi connectivity index (χ3v) is 3.98. The van der Waals surface area contributed by atoms with E-state index in [9.17, 15) is 4.79 Å². The molecule has 0 radical (unpaired) electrons. The number of amides is 1. The van der Waals surface area contributed by atoms with Crippen LogP contribution in [0.2, 0.25) is 0 Å². The summed E-state index contributed by atoms with van der Waals surface area (Å²) in [6.07, 6.45) is 1.57. The van der Waals surface area contributed by atoms with Gasteiger partial charge < -0.3 is 19.9 Å². The second-order valence-electron chi connectivity index (χ2n) is 5.04. The van der Waals surface area contributed by atoms with Crippen molar-refractivity contribution in [1.29, 1.82) is 0 Å². The lowest BCUT2D eigenvalue weighted by molar-refractivity contribution is -0.159. The van der Waals surface area contributed by atoms with Crippen molar-refractivity contribution in [3.05, 3.63) is 0 Å². The smallest absolute Gasteiger partial charge is 0.254 e. The van der Waals surface area contributed by atoms with Gasteiger partial charge in [0.15, 0.2) is 0 Å². The Bertz CT molecular complexity index is 269. The molecule has 0 aromatic carbocycles. The van der Waals surface area contributed by atoms with Gasteiger partial charge >= 0.3 is 0 Å². The molecule has 5 nitrogen and oxygen atoms in total. The van der Waals surface area contributed by atoms with Crippen molar-refractivity contribution in [2.24, 2.45) is 0 Å². The van der Waals surface area contributed by atoms with Crippen molar-refractivity contribution in [2.75, 3.05) is 53.4 Å². The highest BCUT2D eigenvalue weighted by Crippen LogP contribution is 2.25. The molecule has 5 heteroatoms. The maximum atomic E-state index is 12.6. The van der Waals surface area contributed by atoms with Crippen LogP contribution in [-0.2, 0) is 9.53 Å². The average molecular weight is 241 g/mol. The van der Waals surface area contributed by atoms with E-state index in [1.54, 1.807) is 7.11 Å². The van der Waals surface area contributed by atoms with E-state index < -0.39 is 5.60 Å². The summed E-state index contributed by atoms with van der Waals surface area (Å²) in [6.45, 7) is 5.32. The number of hydrogen-bond donors (Lipinski definition) is 1. The molecule has 0 aliphatic carbocycles. The summed E-state index contributed by atoms with van der Waals surface area (Å²) in [5, 5.41) is 3.28. The van der Waals surface area contributed by atoms with Gasteiger partial charge in [0.2, 0.25) is 0 Å². The fourth-order valence-corrected chi connectivity index (χ4v) is 2.63. The number of piperazine rings is 1. The van der Waals surface area contributed by atoms with E-state index in [1.165, 1.54) is 0 Å². The number of piperidine rings is 1. The summed E-state index contributed by atoms with van der Waals surface area (Å²) in [5.41, 5.74) is -0.568. The molecule has 2 fully saturated rings. The Morgan fingerprint density at radius 1 is 1.18 bits per heavy atom. The number of carbonyl (C=O) groups excluding carboxylic acids is 1. The van der Waals surface area contributed by atoms with E-state index in [2.05, 4.69) is 17.3 Å². The summed E-state index contributed by atoms with van der Waals surface area (Å²) in [7, 11) is 3.76. The highest BCUT2D eigenvalue weighted by atomic mass is 16.5. The minimum atomic E-state index is -0.568. The quantitative estimate of drug-likeness (QED) is 0.710. The van der Waals surface area contributed by atoms with Crippen LogP contribution < -0.4 is 5.32 Å². The van der Waals surface area contributed by atoms with Crippen LogP contribution in [0.25, 0.3) is 0 Å². The van der Waals surface area contributed by atoms with Crippen LogP contribution >= 0.6 is 0 Å². The van der Waals surface area contributed by atoms with Gasteiger partial charge in [0.1, 0.15) is 5.60 Å². The monoisotopic (exact) mass is 241 g/mol. The number of nitrogens with zero attached hydrogens (tertiary/aromatic N) is 2. The van der Waals surface area contributed by atoms with E-state index in [-0.39, 0.29) is 5.91 Å². The summed E-state index contributed by atoms with van der Waals surface area (Å²) in [5.74, 6) is 0.189. The van der Waals surface area contributed by atoms with Gasteiger partial charge in [-0.2, -0.15) is 0 Å². The van der Waals surface area contributed by atoms with Crippen molar-refractivity contribution in [3.8, 4) is 0 Å². The fraction of sp³-hybridized carbons (Fsp3) is 0.917. The normalized spacial score (nSPS) is 25.9. The van der Waals surface area contributed by atoms with Crippen LogP contribution in [0.3, 0.4) is 0 Å². The van der Waals surface area contributed by atoms with Gasteiger partial charge in [-0.1, -0.05) is 0 Å². The van der Waals surface area contributed by atoms with Crippen molar-refractivity contribution in [3.63, 3.8) is 0 Å². The predicted molar refractivity (Wildman–Crippen MR) is 65.9 cm³/mol. The maximum Gasteiger partial charge on any atom is 0.254 e. The number of likely N-dealkylation sites (N-methyl/N-ethyl adjacent to an activating group) is 1. The zero-order valence-electron chi connectivity index (χ0n) is 10.9. The molecule has 2 saturated heterocycles. The zero-order valence-corrected chi connectivity index (χ0v) is 10.9. The number of methoxy groups -OCH3 is 1. The summed E-state index contributed by atoms with van der Waals surface area (Å²) in [6, 6.07) is 0. The molecule has 2 heterocycles. The van der Waals surface area contributed by atoms with Crippen LogP contribution in [0.15, 0.2) is 0 Å². The summed E-state index contributed by atoms with van der Waals surface area (Å²) < 4.78 is 5.58. The molecule has 2 aliphatic heterocycles. The number of carbonyl (C=O) groups is 1. The molecule has 98 valence electrons. The lowest BCUT2D eigenvalue weighted by Crippen LogP contribution is -2.58. The Labute approximate surface area is 103 Å². The Morgan fingerprint density at radius 2 is 1.76 bits per heavy atom. The van der Waals surface area contributed by atoms with Crippen molar-refractivity contribution >= 4 is 5.91 Å². The first kappa shape index (κ1) is 12.8. The van der Waals surface area contributed by atoms with E-state index in [1.807, 2.05) is 4.90 Å². The zero-order chi connectivity index (χ0) is 12.3. The molecular formula is C12H23N3O2. The molecule has 0 atom stereocenters. The second-order valence-corrected chi connectivity index (χ2v) is 5.04. The standard InChI is InChI=1S/C12H23N3O2/c1-14-7-9-15(10-8-14)11(16)12(17-2)3-5-13-6-4-12/h13H,3-10H2,1-2H3. The van der Waals surface area contributed by atoms with Gasteiger partial charge in [0.25, 0.3) is 5.91 Å². The van der Waals surface area contributed by atoms with Gasteiger partial charge in [0, 0.05) is 33.3 Å².